The van der Waals surface area contributed by atoms with E-state index in [0.717, 1.165) is 12.8 Å². The first-order valence-corrected chi connectivity index (χ1v) is 8.55. The Morgan fingerprint density at radius 1 is 1.21 bits per heavy atom. The zero-order valence-corrected chi connectivity index (χ0v) is 15.5. The summed E-state index contributed by atoms with van der Waals surface area (Å²) >= 11 is 0. The van der Waals surface area contributed by atoms with Crippen molar-refractivity contribution in [2.24, 2.45) is 11.7 Å². The second-order valence-corrected chi connectivity index (χ2v) is 7.70. The highest BCUT2D eigenvalue weighted by molar-refractivity contribution is 5.84. The van der Waals surface area contributed by atoms with Gasteiger partial charge < -0.3 is 20.3 Å². The lowest BCUT2D eigenvalue weighted by Crippen LogP contribution is -2.45. The van der Waals surface area contributed by atoms with Gasteiger partial charge in [0.25, 0.3) is 0 Å². The highest BCUT2D eigenvalue weighted by Crippen LogP contribution is 2.23. The molecule has 0 radical (unpaired) electrons. The second-order valence-electron chi connectivity index (χ2n) is 7.70. The molecule has 2 N–H and O–H groups in total. The molecule has 1 heterocycles. The van der Waals surface area contributed by atoms with Gasteiger partial charge >= 0.3 is 6.09 Å². The van der Waals surface area contributed by atoms with Gasteiger partial charge in [-0.15, -0.1) is 0 Å². The minimum absolute atomic E-state index is 0.0484. The largest absolute Gasteiger partial charge is 0.444 e. The molecule has 1 aliphatic rings. The predicted octanol–water partition coefficient (Wildman–Crippen LogP) is 1.75. The van der Waals surface area contributed by atoms with Gasteiger partial charge in [-0.25, -0.2) is 4.79 Å². The van der Waals surface area contributed by atoms with E-state index >= 15 is 0 Å². The van der Waals surface area contributed by atoms with Crippen molar-refractivity contribution >= 4 is 17.9 Å². The molecule has 0 aliphatic carbocycles. The maximum absolute atomic E-state index is 12.4. The molecule has 0 bridgehead atoms. The van der Waals surface area contributed by atoms with Crippen LogP contribution in [0, 0.1) is 5.92 Å². The van der Waals surface area contributed by atoms with Crippen LogP contribution in [0.4, 0.5) is 4.79 Å². The zero-order valence-electron chi connectivity index (χ0n) is 15.5. The number of carbonyl (C=O) groups excluding carboxylic acids is 3. The summed E-state index contributed by atoms with van der Waals surface area (Å²) < 4.78 is 5.37. The number of ether oxygens (including phenoxy) is 1. The van der Waals surface area contributed by atoms with Crippen LogP contribution in [-0.4, -0.2) is 59.0 Å². The van der Waals surface area contributed by atoms with Crippen molar-refractivity contribution < 1.29 is 19.1 Å². The molecule has 24 heavy (non-hydrogen) atoms. The van der Waals surface area contributed by atoms with Gasteiger partial charge in [0, 0.05) is 25.6 Å². The number of hydrogen-bond acceptors (Lipinski definition) is 4. The van der Waals surface area contributed by atoms with Gasteiger partial charge in [0.1, 0.15) is 5.60 Å². The number of nitrogens with two attached hydrogens (primary N) is 1. The molecule has 7 heteroatoms. The summed E-state index contributed by atoms with van der Waals surface area (Å²) in [5, 5.41) is 0. The number of rotatable bonds is 5. The summed E-state index contributed by atoms with van der Waals surface area (Å²) in [5.74, 6) is -0.346. The summed E-state index contributed by atoms with van der Waals surface area (Å²) in [5.41, 5.74) is 4.71. The average molecular weight is 341 g/mol. The molecule has 1 rings (SSSR count). The van der Waals surface area contributed by atoms with Crippen molar-refractivity contribution in [3.05, 3.63) is 0 Å². The van der Waals surface area contributed by atoms with Crippen LogP contribution < -0.4 is 5.73 Å². The summed E-state index contributed by atoms with van der Waals surface area (Å²) in [4.78, 5) is 38.8. The highest BCUT2D eigenvalue weighted by Gasteiger charge is 2.29. The first kappa shape index (κ1) is 20.3. The fourth-order valence-corrected chi connectivity index (χ4v) is 2.74. The average Bonchev–Trinajstić information content (AvgIpc) is 2.43. The Kier molecular flexibility index (Phi) is 7.05. The van der Waals surface area contributed by atoms with Crippen LogP contribution >= 0.6 is 0 Å². The lowest BCUT2D eigenvalue weighted by Gasteiger charge is -2.34. The summed E-state index contributed by atoms with van der Waals surface area (Å²) in [6.07, 6.45) is 1.60. The summed E-state index contributed by atoms with van der Waals surface area (Å²) in [7, 11) is 0. The molecular weight excluding hydrogens is 310 g/mol. The Labute approximate surface area is 144 Å². The van der Waals surface area contributed by atoms with Crippen LogP contribution in [0.1, 0.15) is 53.9 Å². The minimum Gasteiger partial charge on any atom is -0.444 e. The maximum atomic E-state index is 12.4. The topological polar surface area (TPSA) is 92.9 Å². The highest BCUT2D eigenvalue weighted by atomic mass is 16.6. The van der Waals surface area contributed by atoms with Gasteiger partial charge in [-0.05, 0) is 53.4 Å². The van der Waals surface area contributed by atoms with Gasteiger partial charge in [-0.1, -0.05) is 0 Å². The van der Waals surface area contributed by atoms with Crippen molar-refractivity contribution in [3.63, 3.8) is 0 Å². The number of hydrogen-bond donors (Lipinski definition) is 1. The molecule has 0 saturated carbocycles. The minimum atomic E-state index is -0.504. The van der Waals surface area contributed by atoms with Crippen LogP contribution in [0.25, 0.3) is 0 Å². The first-order valence-electron chi connectivity index (χ1n) is 8.55. The van der Waals surface area contributed by atoms with Crippen molar-refractivity contribution in [1.82, 2.24) is 9.80 Å². The standard InChI is InChI=1S/C17H31N3O4/c1-12(2)20(11-14(18)21)15(22)10-13-6-8-19(9-7-13)16(23)24-17(3,4)5/h12-13H,6-11H2,1-5H3,(H2,18,21). The Balaban J connectivity index is 2.49. The molecule has 0 aromatic carbocycles. The Bertz CT molecular complexity index is 463. The van der Waals surface area contributed by atoms with E-state index in [4.69, 9.17) is 10.5 Å². The zero-order chi connectivity index (χ0) is 18.5. The smallest absolute Gasteiger partial charge is 0.410 e. The van der Waals surface area contributed by atoms with Gasteiger partial charge in [-0.2, -0.15) is 0 Å². The second kappa shape index (κ2) is 8.35. The molecule has 1 aliphatic heterocycles. The van der Waals surface area contributed by atoms with Gasteiger partial charge in [0.05, 0.1) is 6.54 Å². The van der Waals surface area contributed by atoms with Crippen LogP contribution in [0.5, 0.6) is 0 Å². The van der Waals surface area contributed by atoms with E-state index in [0.29, 0.717) is 19.5 Å². The third-order valence-electron chi connectivity index (χ3n) is 4.00. The van der Waals surface area contributed by atoms with E-state index in [2.05, 4.69) is 0 Å². The van der Waals surface area contributed by atoms with Crippen LogP contribution in [0.15, 0.2) is 0 Å². The molecule has 0 spiro atoms. The first-order chi connectivity index (χ1) is 11.0. The number of piperidine rings is 1. The Morgan fingerprint density at radius 3 is 2.17 bits per heavy atom. The van der Waals surface area contributed by atoms with E-state index in [1.54, 1.807) is 4.90 Å². The third-order valence-corrected chi connectivity index (χ3v) is 4.00. The Morgan fingerprint density at radius 2 is 1.75 bits per heavy atom. The number of nitrogens with zero attached hydrogens (tertiary/aromatic N) is 2. The number of primary amides is 1. The molecule has 138 valence electrons. The maximum Gasteiger partial charge on any atom is 0.410 e. The monoisotopic (exact) mass is 341 g/mol. The van der Waals surface area contributed by atoms with Gasteiger partial charge in [-0.3, -0.25) is 9.59 Å². The number of amides is 3. The molecule has 1 saturated heterocycles. The fraction of sp³-hybridized carbons (Fsp3) is 0.824. The van der Waals surface area contributed by atoms with E-state index in [9.17, 15) is 14.4 Å². The molecule has 7 nitrogen and oxygen atoms in total. The lowest BCUT2D eigenvalue weighted by atomic mass is 9.93. The van der Waals surface area contributed by atoms with Crippen molar-refractivity contribution in [1.29, 1.82) is 0 Å². The molecule has 0 aromatic heterocycles. The van der Waals surface area contributed by atoms with E-state index in [1.165, 1.54) is 4.90 Å². The van der Waals surface area contributed by atoms with Crippen molar-refractivity contribution in [2.45, 2.75) is 65.5 Å². The Hall–Kier alpha value is -1.79. The van der Waals surface area contributed by atoms with Crippen LogP contribution in [-0.2, 0) is 14.3 Å². The number of carbonyl (C=O) groups is 3. The van der Waals surface area contributed by atoms with E-state index in [-0.39, 0.29) is 30.5 Å². The van der Waals surface area contributed by atoms with Crippen LogP contribution in [0.2, 0.25) is 0 Å². The normalized spacial score (nSPS) is 16.2. The quantitative estimate of drug-likeness (QED) is 0.824. The molecule has 0 atom stereocenters. The molecular formula is C17H31N3O4. The summed E-state index contributed by atoms with van der Waals surface area (Å²) in [6, 6.07) is -0.0631. The van der Waals surface area contributed by atoms with Gasteiger partial charge in [0.2, 0.25) is 11.8 Å². The molecule has 0 unspecified atom stereocenters. The lowest BCUT2D eigenvalue weighted by molar-refractivity contribution is -0.138. The molecule has 0 aromatic rings. The van der Waals surface area contributed by atoms with Gasteiger partial charge in [0.15, 0.2) is 0 Å². The SMILES string of the molecule is CC(C)N(CC(N)=O)C(=O)CC1CCN(C(=O)OC(C)(C)C)CC1. The fourth-order valence-electron chi connectivity index (χ4n) is 2.74. The van der Waals surface area contributed by atoms with Crippen molar-refractivity contribution in [3.8, 4) is 0 Å². The van der Waals surface area contributed by atoms with E-state index in [1.807, 2.05) is 34.6 Å². The van der Waals surface area contributed by atoms with Crippen molar-refractivity contribution in [2.75, 3.05) is 19.6 Å². The summed E-state index contributed by atoms with van der Waals surface area (Å²) in [6.45, 7) is 10.4. The molecule has 3 amide bonds. The number of likely N-dealkylation sites (tertiary alicyclic amines) is 1. The molecule has 1 fully saturated rings. The predicted molar refractivity (Wildman–Crippen MR) is 91.2 cm³/mol. The van der Waals surface area contributed by atoms with Crippen LogP contribution in [0.3, 0.4) is 0 Å². The van der Waals surface area contributed by atoms with E-state index < -0.39 is 11.5 Å². The third kappa shape index (κ3) is 6.76.